The number of carboxylic acids is 1. The van der Waals surface area contributed by atoms with Gasteiger partial charge in [0.05, 0.1) is 11.7 Å². The molecule has 0 aliphatic heterocycles. The van der Waals surface area contributed by atoms with E-state index in [1.54, 1.807) is 32.2 Å². The van der Waals surface area contributed by atoms with Crippen molar-refractivity contribution in [2.45, 2.75) is 39.3 Å². The van der Waals surface area contributed by atoms with E-state index >= 15 is 0 Å². The van der Waals surface area contributed by atoms with Crippen LogP contribution in [0.1, 0.15) is 38.9 Å². The van der Waals surface area contributed by atoms with Crippen LogP contribution in [0, 0.1) is 5.92 Å². The lowest BCUT2D eigenvalue weighted by Crippen LogP contribution is -2.49. The largest absolute Gasteiger partial charge is 0.480 e. The Morgan fingerprint density at radius 1 is 1.30 bits per heavy atom. The number of rotatable bonds is 6. The summed E-state index contributed by atoms with van der Waals surface area (Å²) in [5.41, 5.74) is 0.720. The molecular weight excluding hydrogens is 258 g/mol. The summed E-state index contributed by atoms with van der Waals surface area (Å²) in [6.45, 7) is 5.47. The summed E-state index contributed by atoms with van der Waals surface area (Å²) in [5, 5.41) is 14.3. The number of nitrogens with one attached hydrogen (secondary N) is 2. The van der Waals surface area contributed by atoms with Gasteiger partial charge >= 0.3 is 12.0 Å². The lowest BCUT2D eigenvalue weighted by atomic mass is 9.99. The molecule has 0 aliphatic rings. The van der Waals surface area contributed by atoms with E-state index in [-0.39, 0.29) is 12.0 Å². The Labute approximate surface area is 118 Å². The maximum absolute atomic E-state index is 11.8. The first kappa shape index (κ1) is 15.9. The van der Waals surface area contributed by atoms with Gasteiger partial charge in [0.25, 0.3) is 0 Å². The second-order valence-corrected chi connectivity index (χ2v) is 4.80. The van der Waals surface area contributed by atoms with Crippen LogP contribution in [0.3, 0.4) is 0 Å². The molecule has 0 aliphatic carbocycles. The summed E-state index contributed by atoms with van der Waals surface area (Å²) in [6, 6.07) is 3.74. The highest BCUT2D eigenvalue weighted by molar-refractivity contribution is 5.82. The average Bonchev–Trinajstić information content (AvgIpc) is 2.44. The van der Waals surface area contributed by atoms with Crippen molar-refractivity contribution in [2.24, 2.45) is 5.92 Å². The highest BCUT2D eigenvalue weighted by Crippen LogP contribution is 2.10. The number of pyridine rings is 1. The minimum atomic E-state index is -1.03. The van der Waals surface area contributed by atoms with E-state index in [2.05, 4.69) is 15.6 Å². The number of carboxylic acid groups (broad SMARTS) is 1. The first-order valence-corrected chi connectivity index (χ1v) is 6.66. The Morgan fingerprint density at radius 2 is 2.00 bits per heavy atom. The number of aliphatic carboxylic acids is 1. The summed E-state index contributed by atoms with van der Waals surface area (Å²) in [6.07, 6.45) is 2.32. The van der Waals surface area contributed by atoms with Crippen LogP contribution in [0.4, 0.5) is 4.79 Å². The lowest BCUT2D eigenvalue weighted by molar-refractivity contribution is -0.140. The lowest BCUT2D eigenvalue weighted by Gasteiger charge is -2.22. The smallest absolute Gasteiger partial charge is 0.326 e. The van der Waals surface area contributed by atoms with Crippen LogP contribution in [0.25, 0.3) is 0 Å². The van der Waals surface area contributed by atoms with Gasteiger partial charge in [-0.3, -0.25) is 4.98 Å². The molecule has 3 atom stereocenters. The first-order chi connectivity index (χ1) is 9.45. The van der Waals surface area contributed by atoms with Crippen LogP contribution >= 0.6 is 0 Å². The molecule has 1 heterocycles. The average molecular weight is 279 g/mol. The summed E-state index contributed by atoms with van der Waals surface area (Å²) in [5.74, 6) is -1.16. The third kappa shape index (κ3) is 4.53. The molecular formula is C14H21N3O3. The van der Waals surface area contributed by atoms with Crippen molar-refractivity contribution < 1.29 is 14.7 Å². The molecule has 20 heavy (non-hydrogen) atoms. The molecule has 0 spiro atoms. The number of carbonyl (C=O) groups excluding carboxylic acids is 1. The van der Waals surface area contributed by atoms with Gasteiger partial charge in [0.1, 0.15) is 6.04 Å². The van der Waals surface area contributed by atoms with Crippen LogP contribution < -0.4 is 10.6 Å². The summed E-state index contributed by atoms with van der Waals surface area (Å²) in [4.78, 5) is 27.1. The Morgan fingerprint density at radius 3 is 2.50 bits per heavy atom. The molecule has 1 aromatic heterocycles. The minimum Gasteiger partial charge on any atom is -0.480 e. The maximum Gasteiger partial charge on any atom is 0.326 e. The molecule has 1 rings (SSSR count). The molecule has 1 aromatic rings. The van der Waals surface area contributed by atoms with Gasteiger partial charge in [0.2, 0.25) is 0 Å². The topological polar surface area (TPSA) is 91.3 Å². The second-order valence-electron chi connectivity index (χ2n) is 4.80. The Bertz CT molecular complexity index is 450. The molecule has 2 amide bonds. The fourth-order valence-electron chi connectivity index (χ4n) is 1.77. The number of aromatic nitrogens is 1. The van der Waals surface area contributed by atoms with Gasteiger partial charge < -0.3 is 15.7 Å². The number of amides is 2. The van der Waals surface area contributed by atoms with E-state index in [9.17, 15) is 9.59 Å². The Hall–Kier alpha value is -2.11. The van der Waals surface area contributed by atoms with Gasteiger partial charge in [-0.25, -0.2) is 9.59 Å². The number of carbonyl (C=O) groups is 2. The number of urea groups is 1. The first-order valence-electron chi connectivity index (χ1n) is 6.66. The van der Waals surface area contributed by atoms with Gasteiger partial charge in [0, 0.05) is 6.20 Å². The minimum absolute atomic E-state index is 0.136. The van der Waals surface area contributed by atoms with Crippen LogP contribution in [-0.4, -0.2) is 28.1 Å². The van der Waals surface area contributed by atoms with Crippen molar-refractivity contribution in [3.63, 3.8) is 0 Å². The summed E-state index contributed by atoms with van der Waals surface area (Å²) < 4.78 is 0. The molecule has 0 saturated heterocycles. The maximum atomic E-state index is 11.8. The predicted octanol–water partition coefficient (Wildman–Crippen LogP) is 1.94. The number of hydrogen-bond acceptors (Lipinski definition) is 3. The zero-order chi connectivity index (χ0) is 15.1. The van der Waals surface area contributed by atoms with Crippen molar-refractivity contribution in [1.82, 2.24) is 15.6 Å². The second kappa shape index (κ2) is 7.47. The van der Waals surface area contributed by atoms with Crippen molar-refractivity contribution in [3.8, 4) is 0 Å². The van der Waals surface area contributed by atoms with Crippen molar-refractivity contribution in [2.75, 3.05) is 0 Å². The van der Waals surface area contributed by atoms with Gasteiger partial charge in [0.15, 0.2) is 0 Å². The normalized spacial score (nSPS) is 14.9. The number of hydrogen-bond donors (Lipinski definition) is 3. The quantitative estimate of drug-likeness (QED) is 0.742. The van der Waals surface area contributed by atoms with Gasteiger partial charge in [-0.15, -0.1) is 0 Å². The third-order valence-corrected chi connectivity index (χ3v) is 3.24. The molecule has 6 nitrogen and oxygen atoms in total. The van der Waals surface area contributed by atoms with Gasteiger partial charge in [-0.05, 0) is 25.0 Å². The fraction of sp³-hybridized carbons (Fsp3) is 0.500. The van der Waals surface area contributed by atoms with Crippen LogP contribution in [0.2, 0.25) is 0 Å². The molecule has 0 aromatic carbocycles. The number of nitrogens with zero attached hydrogens (tertiary/aromatic N) is 1. The van der Waals surface area contributed by atoms with Gasteiger partial charge in [-0.1, -0.05) is 26.3 Å². The van der Waals surface area contributed by atoms with E-state index in [4.69, 9.17) is 5.11 Å². The van der Waals surface area contributed by atoms with E-state index in [0.29, 0.717) is 6.42 Å². The van der Waals surface area contributed by atoms with E-state index < -0.39 is 18.0 Å². The molecule has 0 radical (unpaired) electrons. The summed E-state index contributed by atoms with van der Waals surface area (Å²) >= 11 is 0. The standard InChI is InChI=1S/C14H21N3O3/c1-4-9(2)12(13(18)19)17-14(20)16-10(3)11-7-5-6-8-15-11/h5-10,12H,4H2,1-3H3,(H,18,19)(H2,16,17,20)/t9?,10?,12-/m0/s1. The van der Waals surface area contributed by atoms with Crippen LogP contribution in [0.15, 0.2) is 24.4 Å². The van der Waals surface area contributed by atoms with Crippen LogP contribution in [0.5, 0.6) is 0 Å². The monoisotopic (exact) mass is 279 g/mol. The van der Waals surface area contributed by atoms with Crippen molar-refractivity contribution in [1.29, 1.82) is 0 Å². The fourth-order valence-corrected chi connectivity index (χ4v) is 1.77. The zero-order valence-electron chi connectivity index (χ0n) is 12.0. The van der Waals surface area contributed by atoms with Crippen molar-refractivity contribution >= 4 is 12.0 Å². The molecule has 0 saturated carbocycles. The molecule has 110 valence electrons. The Balaban J connectivity index is 2.60. The van der Waals surface area contributed by atoms with Gasteiger partial charge in [-0.2, -0.15) is 0 Å². The zero-order valence-corrected chi connectivity index (χ0v) is 12.0. The Kier molecular flexibility index (Phi) is 5.96. The van der Waals surface area contributed by atoms with E-state index in [0.717, 1.165) is 5.69 Å². The highest BCUT2D eigenvalue weighted by atomic mass is 16.4. The third-order valence-electron chi connectivity index (χ3n) is 3.24. The van der Waals surface area contributed by atoms with E-state index in [1.807, 2.05) is 13.0 Å². The van der Waals surface area contributed by atoms with E-state index in [1.165, 1.54) is 0 Å². The molecule has 0 bridgehead atoms. The SMILES string of the molecule is CCC(C)[C@H](NC(=O)NC(C)c1ccccn1)C(=O)O. The highest BCUT2D eigenvalue weighted by Gasteiger charge is 2.25. The van der Waals surface area contributed by atoms with Crippen molar-refractivity contribution in [3.05, 3.63) is 30.1 Å². The predicted molar refractivity (Wildman–Crippen MR) is 75.2 cm³/mol. The van der Waals surface area contributed by atoms with Crippen LogP contribution in [-0.2, 0) is 4.79 Å². The summed E-state index contributed by atoms with van der Waals surface area (Å²) in [7, 11) is 0. The molecule has 2 unspecified atom stereocenters. The molecule has 6 heteroatoms. The molecule has 0 fully saturated rings. The molecule has 3 N–H and O–H groups in total.